The molecule has 0 spiro atoms. The zero-order valence-corrected chi connectivity index (χ0v) is 17.3. The largest absolute Gasteiger partial charge is 0.457 e. The number of nitrogens with zero attached hydrogens (tertiary/aromatic N) is 1. The van der Waals surface area contributed by atoms with Gasteiger partial charge >= 0.3 is 0 Å². The molecule has 1 saturated carbocycles. The predicted molar refractivity (Wildman–Crippen MR) is 108 cm³/mol. The van der Waals surface area contributed by atoms with Crippen LogP contribution in [0.1, 0.15) is 25.3 Å². The number of para-hydroxylation sites is 1. The highest BCUT2D eigenvalue weighted by Gasteiger charge is 2.60. The van der Waals surface area contributed by atoms with Crippen LogP contribution in [0.5, 0.6) is 11.5 Å². The first-order valence-electron chi connectivity index (χ1n) is 8.19. The minimum absolute atomic E-state index is 0.101. The van der Waals surface area contributed by atoms with Crippen LogP contribution in [0.3, 0.4) is 0 Å². The van der Waals surface area contributed by atoms with E-state index < -0.39 is 0 Å². The molecule has 0 heterocycles. The third-order valence-corrected chi connectivity index (χ3v) is 5.52. The van der Waals surface area contributed by atoms with Gasteiger partial charge < -0.3 is 4.74 Å². The highest BCUT2D eigenvalue weighted by Crippen LogP contribution is 2.65. The summed E-state index contributed by atoms with van der Waals surface area (Å²) in [6.07, 6.45) is 2.15. The van der Waals surface area contributed by atoms with Crippen LogP contribution in [0.25, 0.3) is 0 Å². The normalized spacial score (nSPS) is 21.7. The Morgan fingerprint density at radius 3 is 2.44 bits per heavy atom. The topological polar surface area (TPSA) is 33.0 Å². The molecule has 0 radical (unpaired) electrons. The molecule has 0 N–H and O–H groups in total. The lowest BCUT2D eigenvalue weighted by molar-refractivity contribution is 0.479. The number of ether oxygens (including phenoxy) is 1. The van der Waals surface area contributed by atoms with Gasteiger partial charge in [-0.25, -0.2) is 0 Å². The molecule has 0 unspecified atom stereocenters. The summed E-state index contributed by atoms with van der Waals surface area (Å²) in [6.45, 7) is 4.44. The Bertz CT molecular complexity index is 819. The van der Waals surface area contributed by atoms with Gasteiger partial charge in [0, 0.05) is 0 Å². The van der Waals surface area contributed by atoms with Crippen molar-refractivity contribution >= 4 is 31.9 Å². The van der Waals surface area contributed by atoms with Crippen molar-refractivity contribution in [2.24, 2.45) is 17.3 Å². The SMILES string of the molecule is CC1(C)[C@@H]([C@H](C#N)c2cccc(Oc3ccccc3)c2)[C@H]1C=C(Br)Br. The summed E-state index contributed by atoms with van der Waals surface area (Å²) in [5.41, 5.74) is 1.11. The van der Waals surface area contributed by atoms with Crippen LogP contribution in [-0.2, 0) is 0 Å². The molecule has 0 aliphatic heterocycles. The van der Waals surface area contributed by atoms with Crippen molar-refractivity contribution in [3.63, 3.8) is 0 Å². The van der Waals surface area contributed by atoms with Crippen molar-refractivity contribution in [3.8, 4) is 17.6 Å². The van der Waals surface area contributed by atoms with Gasteiger partial charge in [-0.1, -0.05) is 50.3 Å². The van der Waals surface area contributed by atoms with Crippen LogP contribution in [0.4, 0.5) is 0 Å². The smallest absolute Gasteiger partial charge is 0.127 e. The molecule has 3 atom stereocenters. The highest BCUT2D eigenvalue weighted by molar-refractivity contribution is 9.28. The number of rotatable bonds is 5. The number of hydrogen-bond acceptors (Lipinski definition) is 2. The van der Waals surface area contributed by atoms with E-state index in [0.29, 0.717) is 5.92 Å². The van der Waals surface area contributed by atoms with Crippen LogP contribution in [0.2, 0.25) is 0 Å². The first-order chi connectivity index (χ1) is 11.9. The Hall–Kier alpha value is -1.57. The lowest BCUT2D eigenvalue weighted by Gasteiger charge is -2.13. The van der Waals surface area contributed by atoms with E-state index in [-0.39, 0.29) is 17.3 Å². The van der Waals surface area contributed by atoms with Gasteiger partial charge in [0.1, 0.15) is 11.5 Å². The van der Waals surface area contributed by atoms with E-state index in [2.05, 4.69) is 57.9 Å². The second-order valence-electron chi connectivity index (χ2n) is 6.92. The van der Waals surface area contributed by atoms with Crippen molar-refractivity contribution in [3.05, 3.63) is 69.6 Å². The zero-order valence-electron chi connectivity index (χ0n) is 14.1. The number of benzene rings is 2. The Morgan fingerprint density at radius 2 is 1.80 bits per heavy atom. The molecule has 4 heteroatoms. The van der Waals surface area contributed by atoms with E-state index >= 15 is 0 Å². The molecule has 25 heavy (non-hydrogen) atoms. The van der Waals surface area contributed by atoms with Gasteiger partial charge in [-0.15, -0.1) is 0 Å². The van der Waals surface area contributed by atoms with Crippen LogP contribution in [-0.4, -0.2) is 0 Å². The van der Waals surface area contributed by atoms with E-state index in [1.807, 2.05) is 54.6 Å². The van der Waals surface area contributed by atoms with Crippen LogP contribution >= 0.6 is 31.9 Å². The lowest BCUT2D eigenvalue weighted by Crippen LogP contribution is -2.03. The molecular weight excluding hydrogens is 442 g/mol. The minimum atomic E-state index is -0.157. The summed E-state index contributed by atoms with van der Waals surface area (Å²) < 4.78 is 6.86. The molecule has 3 rings (SSSR count). The number of allylic oxidation sites excluding steroid dienone is 1. The third-order valence-electron chi connectivity index (χ3n) is 5.00. The Kier molecular flexibility index (Phi) is 5.36. The molecule has 0 saturated heterocycles. The molecule has 2 aromatic carbocycles. The van der Waals surface area contributed by atoms with Gasteiger partial charge in [0.15, 0.2) is 0 Å². The summed E-state index contributed by atoms with van der Waals surface area (Å²) in [5.74, 6) is 2.05. The van der Waals surface area contributed by atoms with E-state index in [0.717, 1.165) is 20.5 Å². The molecule has 1 aliphatic rings. The fourth-order valence-corrected chi connectivity index (χ4v) is 4.14. The van der Waals surface area contributed by atoms with Crippen molar-refractivity contribution in [1.82, 2.24) is 0 Å². The molecule has 1 aliphatic carbocycles. The average molecular weight is 461 g/mol. The average Bonchev–Trinajstić information content (AvgIpc) is 3.09. The lowest BCUT2D eigenvalue weighted by atomic mass is 9.91. The van der Waals surface area contributed by atoms with Crippen molar-refractivity contribution in [1.29, 1.82) is 5.26 Å². The molecule has 1 fully saturated rings. The maximum absolute atomic E-state index is 9.82. The summed E-state index contributed by atoms with van der Waals surface area (Å²) in [6, 6.07) is 20.1. The van der Waals surface area contributed by atoms with Gasteiger partial charge in [-0.05, 0) is 78.9 Å². The zero-order chi connectivity index (χ0) is 18.0. The Morgan fingerprint density at radius 1 is 1.12 bits per heavy atom. The molecule has 2 nitrogen and oxygen atoms in total. The standard InChI is InChI=1S/C21H19Br2NO/c1-21(2)18(12-19(22)23)20(21)17(13-24)14-7-6-10-16(11-14)25-15-8-4-3-5-9-15/h3-12,17-18,20H,1-2H3/t17-,18-,20+/m1/s1. The second kappa shape index (κ2) is 7.35. The quantitative estimate of drug-likeness (QED) is 0.481. The van der Waals surface area contributed by atoms with E-state index in [4.69, 9.17) is 4.74 Å². The number of hydrogen-bond donors (Lipinski definition) is 0. The third kappa shape index (κ3) is 3.99. The second-order valence-corrected chi connectivity index (χ2v) is 9.70. The molecule has 128 valence electrons. The first-order valence-corrected chi connectivity index (χ1v) is 9.77. The van der Waals surface area contributed by atoms with E-state index in [1.165, 1.54) is 0 Å². The monoisotopic (exact) mass is 459 g/mol. The molecule has 0 bridgehead atoms. The molecular formula is C21H19Br2NO. The van der Waals surface area contributed by atoms with Crippen LogP contribution in [0.15, 0.2) is 64.1 Å². The fourth-order valence-electron chi connectivity index (χ4n) is 3.57. The summed E-state index contributed by atoms with van der Waals surface area (Å²) in [7, 11) is 0. The predicted octanol–water partition coefficient (Wildman–Crippen LogP) is 6.99. The Labute approximate surface area is 165 Å². The molecule has 2 aromatic rings. The van der Waals surface area contributed by atoms with Crippen LogP contribution < -0.4 is 4.74 Å². The first kappa shape index (κ1) is 18.2. The molecule has 0 aromatic heterocycles. The number of halogens is 2. The van der Waals surface area contributed by atoms with Gasteiger partial charge in [-0.2, -0.15) is 5.26 Å². The maximum atomic E-state index is 9.82. The summed E-state index contributed by atoms with van der Waals surface area (Å²) in [4.78, 5) is 0. The molecule has 0 amide bonds. The van der Waals surface area contributed by atoms with Crippen molar-refractivity contribution < 1.29 is 4.74 Å². The summed E-state index contributed by atoms with van der Waals surface area (Å²) in [5, 5.41) is 9.82. The minimum Gasteiger partial charge on any atom is -0.457 e. The van der Waals surface area contributed by atoms with Crippen molar-refractivity contribution in [2.75, 3.05) is 0 Å². The van der Waals surface area contributed by atoms with E-state index in [1.54, 1.807) is 0 Å². The maximum Gasteiger partial charge on any atom is 0.127 e. The van der Waals surface area contributed by atoms with Crippen molar-refractivity contribution in [2.45, 2.75) is 19.8 Å². The Balaban J connectivity index is 1.84. The van der Waals surface area contributed by atoms with E-state index in [9.17, 15) is 5.26 Å². The van der Waals surface area contributed by atoms with Gasteiger partial charge in [0.05, 0.1) is 15.4 Å². The summed E-state index contributed by atoms with van der Waals surface area (Å²) >= 11 is 6.89. The van der Waals surface area contributed by atoms with Gasteiger partial charge in [0.2, 0.25) is 0 Å². The fraction of sp³-hybridized carbons (Fsp3) is 0.286. The number of nitriles is 1. The van der Waals surface area contributed by atoms with Crippen LogP contribution in [0, 0.1) is 28.6 Å². The van der Waals surface area contributed by atoms with Gasteiger partial charge in [-0.3, -0.25) is 0 Å². The van der Waals surface area contributed by atoms with Gasteiger partial charge in [0.25, 0.3) is 0 Å². The highest BCUT2D eigenvalue weighted by atomic mass is 79.9.